The summed E-state index contributed by atoms with van der Waals surface area (Å²) in [7, 11) is 2.12. The monoisotopic (exact) mass is 235 g/mol. The maximum atomic E-state index is 4.63. The number of hydrogen-bond acceptors (Lipinski definition) is 3. The molecule has 1 heterocycles. The van der Waals surface area contributed by atoms with Gasteiger partial charge < -0.3 is 10.2 Å². The predicted molar refractivity (Wildman–Crippen MR) is 75.8 cm³/mol. The summed E-state index contributed by atoms with van der Waals surface area (Å²) in [5.74, 6) is 2.02. The van der Waals surface area contributed by atoms with Crippen LogP contribution < -0.4 is 10.2 Å². The van der Waals surface area contributed by atoms with Crippen LogP contribution in [0, 0.1) is 0 Å². The second-order valence-corrected chi connectivity index (χ2v) is 4.56. The highest BCUT2D eigenvalue weighted by molar-refractivity contribution is 5.47. The van der Waals surface area contributed by atoms with Gasteiger partial charge in [0, 0.05) is 19.6 Å². The lowest BCUT2D eigenvalue weighted by molar-refractivity contribution is 0.611. The third-order valence-electron chi connectivity index (χ3n) is 3.02. The first-order chi connectivity index (χ1) is 8.19. The number of hydrogen-bond donors (Lipinski definition) is 1. The van der Waals surface area contributed by atoms with Crippen molar-refractivity contribution in [3.05, 3.63) is 18.2 Å². The van der Waals surface area contributed by atoms with E-state index in [1.165, 1.54) is 12.8 Å². The van der Waals surface area contributed by atoms with Gasteiger partial charge in [-0.2, -0.15) is 0 Å². The molecule has 3 nitrogen and oxygen atoms in total. The van der Waals surface area contributed by atoms with Gasteiger partial charge >= 0.3 is 0 Å². The first-order valence-corrected chi connectivity index (χ1v) is 6.62. The van der Waals surface area contributed by atoms with E-state index in [2.05, 4.69) is 55.2 Å². The molecule has 0 saturated heterocycles. The Kier molecular flexibility index (Phi) is 5.81. The standard InChI is InChI=1S/C14H25N3/c1-5-8-12(3)17(4)14-10-7-9-13(16-14)15-11-6-2/h7,9-10,12H,5-6,8,11H2,1-4H3,(H,15,16). The van der Waals surface area contributed by atoms with E-state index in [4.69, 9.17) is 0 Å². The van der Waals surface area contributed by atoms with Gasteiger partial charge in [0.15, 0.2) is 0 Å². The highest BCUT2D eigenvalue weighted by Crippen LogP contribution is 2.17. The van der Waals surface area contributed by atoms with Crippen molar-refractivity contribution >= 4 is 11.6 Å². The van der Waals surface area contributed by atoms with Crippen molar-refractivity contribution in [1.29, 1.82) is 0 Å². The van der Waals surface area contributed by atoms with Crippen LogP contribution in [0.4, 0.5) is 11.6 Å². The Morgan fingerprint density at radius 3 is 2.71 bits per heavy atom. The van der Waals surface area contributed by atoms with Gasteiger partial charge in [0.05, 0.1) is 0 Å². The average molecular weight is 235 g/mol. The Labute approximate surface area is 105 Å². The van der Waals surface area contributed by atoms with Crippen LogP contribution in [0.2, 0.25) is 0 Å². The molecule has 1 unspecified atom stereocenters. The molecule has 0 radical (unpaired) electrons. The molecule has 1 aromatic rings. The van der Waals surface area contributed by atoms with Crippen molar-refractivity contribution < 1.29 is 0 Å². The second-order valence-electron chi connectivity index (χ2n) is 4.56. The molecule has 0 saturated carbocycles. The van der Waals surface area contributed by atoms with E-state index in [0.717, 1.165) is 24.6 Å². The number of pyridine rings is 1. The number of anilines is 2. The van der Waals surface area contributed by atoms with Crippen LogP contribution in [0.15, 0.2) is 18.2 Å². The molecule has 3 heteroatoms. The van der Waals surface area contributed by atoms with E-state index >= 15 is 0 Å². The number of rotatable bonds is 7. The molecular weight excluding hydrogens is 210 g/mol. The Morgan fingerprint density at radius 1 is 1.29 bits per heavy atom. The average Bonchev–Trinajstić information content (AvgIpc) is 2.36. The fourth-order valence-electron chi connectivity index (χ4n) is 1.81. The molecule has 1 N–H and O–H groups in total. The topological polar surface area (TPSA) is 28.2 Å². The van der Waals surface area contributed by atoms with E-state index in [-0.39, 0.29) is 0 Å². The normalized spacial score (nSPS) is 12.2. The maximum Gasteiger partial charge on any atom is 0.130 e. The van der Waals surface area contributed by atoms with Crippen LogP contribution in [-0.2, 0) is 0 Å². The molecule has 0 aliphatic heterocycles. The van der Waals surface area contributed by atoms with Crippen LogP contribution in [0.3, 0.4) is 0 Å². The molecule has 0 amide bonds. The van der Waals surface area contributed by atoms with E-state index in [9.17, 15) is 0 Å². The second kappa shape index (κ2) is 7.15. The van der Waals surface area contributed by atoms with Gasteiger partial charge in [-0.15, -0.1) is 0 Å². The van der Waals surface area contributed by atoms with Gasteiger partial charge in [0.25, 0.3) is 0 Å². The summed E-state index contributed by atoms with van der Waals surface area (Å²) in [6.45, 7) is 7.60. The van der Waals surface area contributed by atoms with Crippen LogP contribution in [-0.4, -0.2) is 24.6 Å². The molecule has 0 aliphatic carbocycles. The minimum absolute atomic E-state index is 0.536. The summed E-state index contributed by atoms with van der Waals surface area (Å²) >= 11 is 0. The van der Waals surface area contributed by atoms with Gasteiger partial charge in [0.1, 0.15) is 11.6 Å². The number of nitrogens with one attached hydrogen (secondary N) is 1. The largest absolute Gasteiger partial charge is 0.370 e. The van der Waals surface area contributed by atoms with Crippen LogP contribution >= 0.6 is 0 Å². The van der Waals surface area contributed by atoms with Gasteiger partial charge in [-0.25, -0.2) is 4.98 Å². The van der Waals surface area contributed by atoms with Gasteiger partial charge in [0.2, 0.25) is 0 Å². The van der Waals surface area contributed by atoms with Crippen molar-refractivity contribution in [2.24, 2.45) is 0 Å². The molecule has 1 atom stereocenters. The van der Waals surface area contributed by atoms with Crippen LogP contribution in [0.1, 0.15) is 40.0 Å². The minimum Gasteiger partial charge on any atom is -0.370 e. The SMILES string of the molecule is CCCNc1cccc(N(C)C(C)CCC)n1. The van der Waals surface area contributed by atoms with Gasteiger partial charge in [-0.05, 0) is 31.9 Å². The van der Waals surface area contributed by atoms with Crippen molar-refractivity contribution in [1.82, 2.24) is 4.98 Å². The quantitative estimate of drug-likeness (QED) is 0.783. The molecule has 0 aromatic carbocycles. The molecule has 0 bridgehead atoms. The van der Waals surface area contributed by atoms with Gasteiger partial charge in [-0.3, -0.25) is 0 Å². The first kappa shape index (κ1) is 13.8. The molecule has 1 aromatic heterocycles. The highest BCUT2D eigenvalue weighted by atomic mass is 15.2. The van der Waals surface area contributed by atoms with Crippen molar-refractivity contribution in [3.8, 4) is 0 Å². The molecule has 17 heavy (non-hydrogen) atoms. The summed E-state index contributed by atoms with van der Waals surface area (Å²) < 4.78 is 0. The molecular formula is C14H25N3. The first-order valence-electron chi connectivity index (χ1n) is 6.62. The van der Waals surface area contributed by atoms with Crippen molar-refractivity contribution in [2.75, 3.05) is 23.8 Å². The minimum atomic E-state index is 0.536. The molecule has 96 valence electrons. The summed E-state index contributed by atoms with van der Waals surface area (Å²) in [4.78, 5) is 6.88. The third kappa shape index (κ3) is 4.25. The molecule has 0 spiro atoms. The van der Waals surface area contributed by atoms with E-state index < -0.39 is 0 Å². The smallest absolute Gasteiger partial charge is 0.130 e. The molecule has 0 fully saturated rings. The Morgan fingerprint density at radius 2 is 2.06 bits per heavy atom. The summed E-state index contributed by atoms with van der Waals surface area (Å²) in [6, 6.07) is 6.70. The fourth-order valence-corrected chi connectivity index (χ4v) is 1.81. The summed E-state index contributed by atoms with van der Waals surface area (Å²) in [6.07, 6.45) is 3.53. The van der Waals surface area contributed by atoms with E-state index in [1.54, 1.807) is 0 Å². The Balaban J connectivity index is 2.69. The fraction of sp³-hybridized carbons (Fsp3) is 0.643. The van der Waals surface area contributed by atoms with E-state index in [0.29, 0.717) is 6.04 Å². The molecule has 1 rings (SSSR count). The van der Waals surface area contributed by atoms with Crippen LogP contribution in [0.25, 0.3) is 0 Å². The maximum absolute atomic E-state index is 4.63. The summed E-state index contributed by atoms with van der Waals surface area (Å²) in [5, 5.41) is 3.32. The van der Waals surface area contributed by atoms with Crippen molar-refractivity contribution in [2.45, 2.75) is 46.1 Å². The van der Waals surface area contributed by atoms with Crippen LogP contribution in [0.5, 0.6) is 0 Å². The highest BCUT2D eigenvalue weighted by Gasteiger charge is 2.10. The third-order valence-corrected chi connectivity index (χ3v) is 3.02. The zero-order chi connectivity index (χ0) is 12.7. The Hall–Kier alpha value is -1.25. The lowest BCUT2D eigenvalue weighted by Crippen LogP contribution is -2.29. The number of nitrogens with zero attached hydrogens (tertiary/aromatic N) is 2. The van der Waals surface area contributed by atoms with E-state index in [1.807, 2.05) is 6.07 Å². The van der Waals surface area contributed by atoms with Crippen molar-refractivity contribution in [3.63, 3.8) is 0 Å². The number of aromatic nitrogens is 1. The zero-order valence-corrected chi connectivity index (χ0v) is 11.5. The zero-order valence-electron chi connectivity index (χ0n) is 11.5. The van der Waals surface area contributed by atoms with Gasteiger partial charge in [-0.1, -0.05) is 26.3 Å². The Bertz CT molecular complexity index is 325. The summed E-state index contributed by atoms with van der Waals surface area (Å²) in [5.41, 5.74) is 0. The lowest BCUT2D eigenvalue weighted by atomic mass is 10.2. The predicted octanol–water partition coefficient (Wildman–Crippen LogP) is 3.53. The molecule has 0 aliphatic rings. The lowest BCUT2D eigenvalue weighted by Gasteiger charge is -2.26.